The fourth-order valence-corrected chi connectivity index (χ4v) is 4.24. The molecule has 39 heavy (non-hydrogen) atoms. The molecule has 0 saturated carbocycles. The molecule has 0 fully saturated rings. The maximum Gasteiger partial charge on any atom is 0.275 e. The molecule has 0 atom stereocenters. The predicted octanol–water partition coefficient (Wildman–Crippen LogP) is 1.58. The van der Waals surface area contributed by atoms with Gasteiger partial charge in [-0.1, -0.05) is 66.7 Å². The number of ether oxygens (including phenoxy) is 2. The summed E-state index contributed by atoms with van der Waals surface area (Å²) in [5.41, 5.74) is 1.67. The Morgan fingerprint density at radius 3 is 1.97 bits per heavy atom. The van der Waals surface area contributed by atoms with Crippen LogP contribution >= 0.6 is 0 Å². The number of carbonyl (C=O) groups excluding carboxylic acids is 1. The molecule has 4 rings (SSSR count). The summed E-state index contributed by atoms with van der Waals surface area (Å²) in [4.78, 5) is 40.1. The van der Waals surface area contributed by atoms with Gasteiger partial charge in [0.1, 0.15) is 17.2 Å². The zero-order valence-electron chi connectivity index (χ0n) is 22.2. The minimum absolute atomic E-state index is 0.133. The Labute approximate surface area is 226 Å². The summed E-state index contributed by atoms with van der Waals surface area (Å²) in [6.07, 6.45) is 3.84. The third-order valence-electron chi connectivity index (χ3n) is 6.33. The first-order valence-corrected chi connectivity index (χ1v) is 12.5. The van der Waals surface area contributed by atoms with Crippen LogP contribution in [0.5, 0.6) is 11.5 Å². The second-order valence-corrected chi connectivity index (χ2v) is 8.93. The molecule has 1 N–H and O–H groups in total. The van der Waals surface area contributed by atoms with Crippen molar-refractivity contribution in [1.82, 2.24) is 14.5 Å². The number of aromatic nitrogens is 2. The fourth-order valence-electron chi connectivity index (χ4n) is 4.24. The Bertz CT molecular complexity index is 1690. The van der Waals surface area contributed by atoms with Gasteiger partial charge in [-0.15, -0.1) is 0 Å². The van der Waals surface area contributed by atoms with E-state index in [1.165, 1.54) is 9.13 Å². The Morgan fingerprint density at radius 2 is 1.38 bits per heavy atom. The highest BCUT2D eigenvalue weighted by atomic mass is 16.5. The number of rotatable bonds is 9. The van der Waals surface area contributed by atoms with Gasteiger partial charge in [0.05, 0.1) is 14.2 Å². The molecular formula is C31H31N3O5. The predicted molar refractivity (Wildman–Crippen MR) is 151 cm³/mol. The first kappa shape index (κ1) is 27.2. The van der Waals surface area contributed by atoms with Crippen LogP contribution in [0.2, 0.25) is 0 Å². The van der Waals surface area contributed by atoms with Gasteiger partial charge in [0.25, 0.3) is 11.1 Å². The summed E-state index contributed by atoms with van der Waals surface area (Å²) in [5, 5.41) is 3.19. The molecule has 0 saturated heterocycles. The van der Waals surface area contributed by atoms with Crippen molar-refractivity contribution in [3.63, 3.8) is 0 Å². The maximum atomic E-state index is 13.7. The van der Waals surface area contributed by atoms with Gasteiger partial charge in [-0.2, -0.15) is 0 Å². The summed E-state index contributed by atoms with van der Waals surface area (Å²) in [6, 6.07) is 24.1. The first-order chi connectivity index (χ1) is 18.9. The lowest BCUT2D eigenvalue weighted by Gasteiger charge is -2.12. The number of hydrogen-bond acceptors (Lipinski definition) is 5. The van der Waals surface area contributed by atoms with Crippen LogP contribution in [0, 0.1) is 0 Å². The second-order valence-electron chi connectivity index (χ2n) is 8.93. The number of nitrogens with one attached hydrogen (secondary N) is 1. The van der Waals surface area contributed by atoms with Crippen molar-refractivity contribution < 1.29 is 14.3 Å². The maximum absolute atomic E-state index is 13.7. The molecule has 4 aromatic rings. The van der Waals surface area contributed by atoms with Crippen molar-refractivity contribution in [2.75, 3.05) is 20.8 Å². The minimum Gasteiger partial charge on any atom is -0.493 e. The Hall–Kier alpha value is -4.85. The van der Waals surface area contributed by atoms with Crippen LogP contribution in [0.1, 0.15) is 16.7 Å². The quantitative estimate of drug-likeness (QED) is 0.358. The van der Waals surface area contributed by atoms with E-state index < -0.39 is 5.56 Å². The van der Waals surface area contributed by atoms with Gasteiger partial charge in [0.2, 0.25) is 5.91 Å². The standard InChI is InChI=1S/C31H31N3O5/c1-33-25(18-22-10-6-4-7-11-22)31(37)34(26(30(33)36)19-23-12-8-5-9-13-23)21-29(35)32-17-16-24-14-15-27(38-2)28(20-24)39-3/h4-15,18-20H,16-17,21H2,1-3H3,(H,32,35)/b25-18-,26-19-. The Kier molecular flexibility index (Phi) is 8.78. The highest BCUT2D eigenvalue weighted by Crippen LogP contribution is 2.27. The highest BCUT2D eigenvalue weighted by molar-refractivity contribution is 5.75. The summed E-state index contributed by atoms with van der Waals surface area (Å²) < 4.78 is 13.2. The minimum atomic E-state index is -0.432. The number of hydrogen-bond donors (Lipinski definition) is 1. The van der Waals surface area contributed by atoms with Crippen LogP contribution in [0.3, 0.4) is 0 Å². The molecule has 0 aliphatic carbocycles. The first-order valence-electron chi connectivity index (χ1n) is 12.5. The molecule has 8 heteroatoms. The molecule has 1 heterocycles. The van der Waals surface area contributed by atoms with Crippen LogP contribution < -0.4 is 36.6 Å². The van der Waals surface area contributed by atoms with E-state index in [4.69, 9.17) is 9.47 Å². The van der Waals surface area contributed by atoms with E-state index in [0.29, 0.717) is 24.5 Å². The fraction of sp³-hybridized carbons (Fsp3) is 0.194. The normalized spacial score (nSPS) is 11.9. The SMILES string of the molecule is COc1ccc(CCNC(=O)Cn2c(=O)/c(=C/c3ccccc3)n(C)c(=O)/c2=C/c2ccccc2)cc1OC. The van der Waals surface area contributed by atoms with Gasteiger partial charge >= 0.3 is 0 Å². The van der Waals surface area contributed by atoms with E-state index in [-0.39, 0.29) is 28.7 Å². The van der Waals surface area contributed by atoms with Gasteiger partial charge < -0.3 is 19.4 Å². The van der Waals surface area contributed by atoms with Crippen molar-refractivity contribution in [3.8, 4) is 11.5 Å². The van der Waals surface area contributed by atoms with Gasteiger partial charge in [0, 0.05) is 13.6 Å². The Balaban J connectivity index is 1.67. The lowest BCUT2D eigenvalue weighted by molar-refractivity contribution is -0.121. The summed E-state index contributed by atoms with van der Waals surface area (Å²) in [7, 11) is 4.70. The molecule has 1 amide bonds. The van der Waals surface area contributed by atoms with E-state index in [1.807, 2.05) is 78.9 Å². The van der Waals surface area contributed by atoms with Gasteiger partial charge in [0.15, 0.2) is 11.5 Å². The smallest absolute Gasteiger partial charge is 0.275 e. The molecule has 0 unspecified atom stereocenters. The largest absolute Gasteiger partial charge is 0.493 e. The van der Waals surface area contributed by atoms with Crippen LogP contribution in [0.15, 0.2) is 88.5 Å². The van der Waals surface area contributed by atoms with Crippen LogP contribution in [-0.4, -0.2) is 35.8 Å². The van der Waals surface area contributed by atoms with E-state index in [1.54, 1.807) is 33.4 Å². The molecule has 0 spiro atoms. The number of methoxy groups -OCH3 is 2. The van der Waals surface area contributed by atoms with Crippen molar-refractivity contribution in [2.45, 2.75) is 13.0 Å². The van der Waals surface area contributed by atoms with E-state index in [0.717, 1.165) is 16.7 Å². The highest BCUT2D eigenvalue weighted by Gasteiger charge is 2.13. The zero-order chi connectivity index (χ0) is 27.8. The van der Waals surface area contributed by atoms with Gasteiger partial charge in [-0.05, 0) is 47.4 Å². The van der Waals surface area contributed by atoms with Crippen molar-refractivity contribution in [3.05, 3.63) is 127 Å². The third-order valence-corrected chi connectivity index (χ3v) is 6.33. The van der Waals surface area contributed by atoms with Crippen molar-refractivity contribution in [2.24, 2.45) is 7.05 Å². The molecule has 1 aromatic heterocycles. The molecule has 200 valence electrons. The zero-order valence-corrected chi connectivity index (χ0v) is 22.2. The molecule has 0 radical (unpaired) electrons. The summed E-state index contributed by atoms with van der Waals surface area (Å²) >= 11 is 0. The van der Waals surface area contributed by atoms with Crippen LogP contribution in [0.25, 0.3) is 12.2 Å². The molecule has 8 nitrogen and oxygen atoms in total. The Morgan fingerprint density at radius 1 is 0.795 bits per heavy atom. The van der Waals surface area contributed by atoms with Gasteiger partial charge in [-0.25, -0.2) is 0 Å². The molecular weight excluding hydrogens is 494 g/mol. The van der Waals surface area contributed by atoms with Crippen molar-refractivity contribution >= 4 is 18.1 Å². The number of nitrogens with zero attached hydrogens (tertiary/aromatic N) is 2. The molecule has 0 aliphatic rings. The van der Waals surface area contributed by atoms with E-state index in [2.05, 4.69) is 5.32 Å². The van der Waals surface area contributed by atoms with Gasteiger partial charge in [-0.3, -0.25) is 19.0 Å². The van der Waals surface area contributed by atoms with Crippen LogP contribution in [-0.2, 0) is 24.8 Å². The van der Waals surface area contributed by atoms with Crippen LogP contribution in [0.4, 0.5) is 0 Å². The average molecular weight is 526 g/mol. The average Bonchev–Trinajstić information content (AvgIpc) is 2.97. The summed E-state index contributed by atoms with van der Waals surface area (Å²) in [5.74, 6) is 0.858. The third kappa shape index (κ3) is 6.54. The molecule has 3 aromatic carbocycles. The van der Waals surface area contributed by atoms with E-state index in [9.17, 15) is 14.4 Å². The van der Waals surface area contributed by atoms with E-state index >= 15 is 0 Å². The lowest BCUT2D eigenvalue weighted by atomic mass is 10.1. The van der Waals surface area contributed by atoms with Crippen molar-refractivity contribution in [1.29, 1.82) is 0 Å². The topological polar surface area (TPSA) is 91.6 Å². The molecule has 0 bridgehead atoms. The summed E-state index contributed by atoms with van der Waals surface area (Å²) in [6.45, 7) is 0.0454. The number of benzene rings is 3. The number of amides is 1. The monoisotopic (exact) mass is 525 g/mol. The molecule has 0 aliphatic heterocycles. The lowest BCUT2D eigenvalue weighted by Crippen LogP contribution is -2.58. The second kappa shape index (κ2) is 12.6. The number of carbonyl (C=O) groups is 1.